The van der Waals surface area contributed by atoms with Crippen LogP contribution in [0.15, 0.2) is 24.3 Å². The minimum absolute atomic E-state index is 0.312. The average Bonchev–Trinajstić information content (AvgIpc) is 2.94. The molecule has 0 aliphatic carbocycles. The highest BCUT2D eigenvalue weighted by atomic mass is 32.1. The topological polar surface area (TPSA) is 72.1 Å². The van der Waals surface area contributed by atoms with Crippen molar-refractivity contribution in [1.29, 1.82) is 0 Å². The van der Waals surface area contributed by atoms with E-state index < -0.39 is 0 Å². The Hall–Kier alpha value is -1.95. The van der Waals surface area contributed by atoms with Crippen molar-refractivity contribution in [2.75, 3.05) is 4.90 Å². The number of amides is 1. The first-order chi connectivity index (χ1) is 9.69. The van der Waals surface area contributed by atoms with Crippen molar-refractivity contribution in [3.05, 3.63) is 41.2 Å². The van der Waals surface area contributed by atoms with Crippen molar-refractivity contribution in [2.45, 2.75) is 32.4 Å². The van der Waals surface area contributed by atoms with Crippen LogP contribution in [-0.4, -0.2) is 21.3 Å². The average molecular weight is 288 g/mol. The molecule has 1 aromatic heterocycles. The van der Waals surface area contributed by atoms with Gasteiger partial charge in [-0.15, -0.1) is 0 Å². The number of nitrogens with two attached hydrogens (primary N) is 1. The van der Waals surface area contributed by atoms with Gasteiger partial charge in [-0.1, -0.05) is 31.2 Å². The van der Waals surface area contributed by atoms with Gasteiger partial charge in [0.15, 0.2) is 0 Å². The van der Waals surface area contributed by atoms with Crippen LogP contribution in [0, 0.1) is 0 Å². The first-order valence-corrected chi connectivity index (χ1v) is 7.41. The highest BCUT2D eigenvalue weighted by Gasteiger charge is 2.32. The predicted octanol–water partition coefficient (Wildman–Crippen LogP) is 1.52. The molecule has 20 heavy (non-hydrogen) atoms. The van der Waals surface area contributed by atoms with Crippen LogP contribution in [-0.2, 0) is 24.2 Å². The molecule has 0 unspecified atom stereocenters. The van der Waals surface area contributed by atoms with Crippen LogP contribution in [0.2, 0.25) is 0 Å². The number of benzene rings is 1. The third kappa shape index (κ3) is 2.27. The monoisotopic (exact) mass is 288 g/mol. The molecule has 0 radical (unpaired) electrons. The standard InChI is InChI=1S/C14H16N4OS/c1-2-12-16-14(20-17-12)18-8-10-6-4-3-5-9(10)7-11(18)13(15)19/h3-6,11H,2,7-8H2,1H3,(H2,15,19)/t11-/m1/s1. The van der Waals surface area contributed by atoms with Gasteiger partial charge in [0.05, 0.1) is 0 Å². The molecule has 1 aliphatic heterocycles. The zero-order chi connectivity index (χ0) is 14.1. The number of aromatic nitrogens is 2. The fourth-order valence-electron chi connectivity index (χ4n) is 2.48. The number of nitrogens with zero attached hydrogens (tertiary/aromatic N) is 3. The Balaban J connectivity index is 1.97. The first kappa shape index (κ1) is 13.1. The number of hydrogen-bond donors (Lipinski definition) is 1. The van der Waals surface area contributed by atoms with Crippen LogP contribution in [0.1, 0.15) is 23.9 Å². The minimum atomic E-state index is -0.345. The third-order valence-electron chi connectivity index (χ3n) is 3.60. The van der Waals surface area contributed by atoms with Gasteiger partial charge in [-0.2, -0.15) is 4.37 Å². The van der Waals surface area contributed by atoms with Gasteiger partial charge in [-0.05, 0) is 11.1 Å². The second-order valence-corrected chi connectivity index (χ2v) is 5.60. The number of aryl methyl sites for hydroxylation is 1. The van der Waals surface area contributed by atoms with Crippen LogP contribution in [0.5, 0.6) is 0 Å². The van der Waals surface area contributed by atoms with Crippen LogP contribution >= 0.6 is 11.5 Å². The van der Waals surface area contributed by atoms with Crippen molar-refractivity contribution in [1.82, 2.24) is 9.36 Å². The summed E-state index contributed by atoms with van der Waals surface area (Å²) in [6.45, 7) is 2.67. The molecule has 5 nitrogen and oxygen atoms in total. The van der Waals surface area contributed by atoms with Gasteiger partial charge >= 0.3 is 0 Å². The lowest BCUT2D eigenvalue weighted by molar-refractivity contribution is -0.119. The third-order valence-corrected chi connectivity index (χ3v) is 4.39. The van der Waals surface area contributed by atoms with Crippen LogP contribution < -0.4 is 10.6 Å². The van der Waals surface area contributed by atoms with E-state index in [2.05, 4.69) is 21.5 Å². The van der Waals surface area contributed by atoms with Crippen molar-refractivity contribution in [3.63, 3.8) is 0 Å². The Kier molecular flexibility index (Phi) is 3.40. The molecule has 6 heteroatoms. The zero-order valence-corrected chi connectivity index (χ0v) is 12.1. The smallest absolute Gasteiger partial charge is 0.240 e. The highest BCUT2D eigenvalue weighted by molar-refractivity contribution is 7.09. The molecule has 2 N–H and O–H groups in total. The van der Waals surface area contributed by atoms with E-state index in [4.69, 9.17) is 5.73 Å². The van der Waals surface area contributed by atoms with E-state index in [0.717, 1.165) is 17.4 Å². The summed E-state index contributed by atoms with van der Waals surface area (Å²) in [6, 6.07) is 7.80. The Bertz CT molecular complexity index is 640. The molecular weight excluding hydrogens is 272 g/mol. The molecule has 104 valence electrons. The van der Waals surface area contributed by atoms with Crippen LogP contribution in [0.3, 0.4) is 0 Å². The number of anilines is 1. The predicted molar refractivity (Wildman–Crippen MR) is 78.6 cm³/mol. The van der Waals surface area contributed by atoms with Gasteiger partial charge < -0.3 is 10.6 Å². The highest BCUT2D eigenvalue weighted by Crippen LogP contribution is 2.29. The molecule has 1 aromatic carbocycles. The van der Waals surface area contributed by atoms with E-state index in [9.17, 15) is 4.79 Å². The second kappa shape index (κ2) is 5.20. The molecule has 3 rings (SSSR count). The van der Waals surface area contributed by atoms with Crippen molar-refractivity contribution in [3.8, 4) is 0 Å². The van der Waals surface area contributed by atoms with E-state index in [-0.39, 0.29) is 11.9 Å². The summed E-state index contributed by atoms with van der Waals surface area (Å²) < 4.78 is 4.30. The summed E-state index contributed by atoms with van der Waals surface area (Å²) in [5, 5.41) is 0.778. The normalized spacial score (nSPS) is 17.9. The molecule has 0 bridgehead atoms. The molecule has 0 saturated carbocycles. The Morgan fingerprint density at radius 1 is 1.45 bits per heavy atom. The van der Waals surface area contributed by atoms with E-state index >= 15 is 0 Å². The number of carbonyl (C=O) groups excluding carboxylic acids is 1. The van der Waals surface area contributed by atoms with E-state index in [1.807, 2.05) is 24.0 Å². The molecule has 0 spiro atoms. The number of hydrogen-bond acceptors (Lipinski definition) is 5. The Morgan fingerprint density at radius 3 is 2.85 bits per heavy atom. The Morgan fingerprint density at radius 2 is 2.20 bits per heavy atom. The molecule has 1 atom stereocenters. The van der Waals surface area contributed by atoms with Crippen LogP contribution in [0.25, 0.3) is 0 Å². The lowest BCUT2D eigenvalue weighted by Gasteiger charge is -2.34. The molecule has 2 heterocycles. The maximum Gasteiger partial charge on any atom is 0.240 e. The number of primary amides is 1. The quantitative estimate of drug-likeness (QED) is 0.929. The van der Waals surface area contributed by atoms with E-state index in [1.54, 1.807) is 0 Å². The summed E-state index contributed by atoms with van der Waals surface area (Å²) >= 11 is 1.33. The SMILES string of the molecule is CCc1nsc(N2Cc3ccccc3C[C@@H]2C(N)=O)n1. The lowest BCUT2D eigenvalue weighted by Crippen LogP contribution is -2.48. The van der Waals surface area contributed by atoms with Crippen molar-refractivity contribution >= 4 is 22.6 Å². The largest absolute Gasteiger partial charge is 0.368 e. The van der Waals surface area contributed by atoms with E-state index in [0.29, 0.717) is 13.0 Å². The maximum atomic E-state index is 11.8. The van der Waals surface area contributed by atoms with Gasteiger partial charge in [0.25, 0.3) is 0 Å². The molecule has 1 aliphatic rings. The molecular formula is C14H16N4OS. The summed E-state index contributed by atoms with van der Waals surface area (Å²) in [6.07, 6.45) is 1.43. The molecule has 1 amide bonds. The second-order valence-electron chi connectivity index (χ2n) is 4.87. The minimum Gasteiger partial charge on any atom is -0.368 e. The van der Waals surface area contributed by atoms with Gasteiger partial charge in [-0.3, -0.25) is 4.79 Å². The van der Waals surface area contributed by atoms with Crippen molar-refractivity contribution < 1.29 is 4.79 Å². The Labute approximate surface area is 121 Å². The van der Waals surface area contributed by atoms with E-state index in [1.165, 1.54) is 22.7 Å². The summed E-state index contributed by atoms with van der Waals surface area (Å²) in [4.78, 5) is 18.2. The number of rotatable bonds is 3. The van der Waals surface area contributed by atoms with Gasteiger partial charge in [0.2, 0.25) is 11.0 Å². The zero-order valence-electron chi connectivity index (χ0n) is 11.2. The maximum absolute atomic E-state index is 11.8. The molecule has 0 saturated heterocycles. The summed E-state index contributed by atoms with van der Waals surface area (Å²) in [5.74, 6) is 0.500. The first-order valence-electron chi connectivity index (χ1n) is 6.64. The van der Waals surface area contributed by atoms with Gasteiger partial charge in [-0.25, -0.2) is 4.98 Å². The summed E-state index contributed by atoms with van der Waals surface area (Å²) in [7, 11) is 0. The van der Waals surface area contributed by atoms with Crippen LogP contribution in [0.4, 0.5) is 5.13 Å². The lowest BCUT2D eigenvalue weighted by atomic mass is 9.94. The number of fused-ring (bicyclic) bond motifs is 1. The van der Waals surface area contributed by atoms with Gasteiger partial charge in [0, 0.05) is 30.9 Å². The molecule has 0 fully saturated rings. The fraction of sp³-hybridized carbons (Fsp3) is 0.357. The van der Waals surface area contributed by atoms with Gasteiger partial charge in [0.1, 0.15) is 11.9 Å². The number of carbonyl (C=O) groups is 1. The summed E-state index contributed by atoms with van der Waals surface area (Å²) in [5.41, 5.74) is 7.98. The molecule has 2 aromatic rings. The fourth-order valence-corrected chi connectivity index (χ4v) is 3.28. The van der Waals surface area contributed by atoms with Crippen molar-refractivity contribution in [2.24, 2.45) is 5.73 Å².